The van der Waals surface area contributed by atoms with E-state index in [1.807, 2.05) is 84.9 Å². The van der Waals surface area contributed by atoms with Gasteiger partial charge < -0.3 is 20.4 Å². The zero-order valence-corrected chi connectivity index (χ0v) is 21.4. The van der Waals surface area contributed by atoms with Crippen molar-refractivity contribution >= 4 is 16.6 Å². The maximum absolute atomic E-state index is 9.10. The molecule has 0 saturated heterocycles. The third-order valence-electron chi connectivity index (χ3n) is 6.42. The molecule has 2 aromatic heterocycles. The van der Waals surface area contributed by atoms with Crippen LogP contribution in [0.2, 0.25) is 0 Å². The molecule has 0 radical (unpaired) electrons. The van der Waals surface area contributed by atoms with E-state index >= 15 is 0 Å². The van der Waals surface area contributed by atoms with Crippen molar-refractivity contribution in [1.29, 1.82) is 10.5 Å². The zero-order chi connectivity index (χ0) is 26.9. The predicted molar refractivity (Wildman–Crippen MR) is 153 cm³/mol. The summed E-state index contributed by atoms with van der Waals surface area (Å²) >= 11 is 0. The van der Waals surface area contributed by atoms with Crippen LogP contribution in [0, 0.1) is 22.7 Å². The van der Waals surface area contributed by atoms with Gasteiger partial charge in [-0.3, -0.25) is 0 Å². The minimum atomic E-state index is -0.00528. The lowest BCUT2D eigenvalue weighted by molar-refractivity contribution is 0.194. The van der Waals surface area contributed by atoms with Crippen LogP contribution < -0.4 is 15.4 Å². The van der Waals surface area contributed by atoms with Crippen LogP contribution in [-0.2, 0) is 6.42 Å². The van der Waals surface area contributed by atoms with Crippen molar-refractivity contribution in [2.45, 2.75) is 12.5 Å². The zero-order valence-electron chi connectivity index (χ0n) is 21.4. The van der Waals surface area contributed by atoms with E-state index in [0.717, 1.165) is 47.4 Å². The molecule has 7 nitrogen and oxygen atoms in total. The van der Waals surface area contributed by atoms with Crippen LogP contribution in [0.4, 0.5) is 5.69 Å². The topological polar surface area (TPSA) is 110 Å². The number of aromatic nitrogens is 2. The van der Waals surface area contributed by atoms with E-state index in [1.54, 1.807) is 6.20 Å². The third kappa shape index (κ3) is 6.61. The highest BCUT2D eigenvalue weighted by Gasteiger charge is 2.21. The Morgan fingerprint density at radius 2 is 1.62 bits per heavy atom. The average Bonchev–Trinajstić information content (AvgIpc) is 3.44. The van der Waals surface area contributed by atoms with E-state index in [4.69, 9.17) is 15.3 Å². The van der Waals surface area contributed by atoms with Gasteiger partial charge in [-0.05, 0) is 54.9 Å². The monoisotopic (exact) mass is 512 g/mol. The molecule has 192 valence electrons. The van der Waals surface area contributed by atoms with Gasteiger partial charge >= 0.3 is 0 Å². The number of nitriles is 2. The number of hydrogen-bond donors (Lipinski definition) is 3. The maximum Gasteiger partial charge on any atom is 0.237 e. The number of ether oxygens (including phenoxy) is 1. The summed E-state index contributed by atoms with van der Waals surface area (Å²) in [6.45, 7) is 2.24. The molecule has 0 aliphatic carbocycles. The highest BCUT2D eigenvalue weighted by Crippen LogP contribution is 2.32. The molecule has 0 unspecified atom stereocenters. The molecule has 0 saturated carbocycles. The first-order valence-electron chi connectivity index (χ1n) is 12.9. The van der Waals surface area contributed by atoms with Crippen molar-refractivity contribution in [3.63, 3.8) is 0 Å². The van der Waals surface area contributed by atoms with Crippen molar-refractivity contribution in [1.82, 2.24) is 15.3 Å². The summed E-state index contributed by atoms with van der Waals surface area (Å²) in [6.07, 6.45) is 2.69. The fraction of sp³-hybridized carbons (Fsp3) is 0.156. The highest BCUT2D eigenvalue weighted by molar-refractivity contribution is 5.87. The molecule has 39 heavy (non-hydrogen) atoms. The molecule has 5 aromatic rings. The second kappa shape index (κ2) is 12.4. The Balaban J connectivity index is 0.000000455. The van der Waals surface area contributed by atoms with E-state index in [2.05, 4.69) is 38.8 Å². The first kappa shape index (κ1) is 25.5. The molecule has 3 N–H and O–H groups in total. The number of pyridine rings is 1. The van der Waals surface area contributed by atoms with E-state index in [0.29, 0.717) is 23.6 Å². The largest absolute Gasteiger partial charge is 0.470 e. The second-order valence-corrected chi connectivity index (χ2v) is 9.21. The molecule has 0 bridgehead atoms. The summed E-state index contributed by atoms with van der Waals surface area (Å²) in [4.78, 5) is 7.90. The summed E-state index contributed by atoms with van der Waals surface area (Å²) in [6, 6.07) is 33.7. The molecule has 1 aliphatic rings. The van der Waals surface area contributed by atoms with E-state index in [-0.39, 0.29) is 6.10 Å². The van der Waals surface area contributed by atoms with Gasteiger partial charge in [0, 0.05) is 34.9 Å². The van der Waals surface area contributed by atoms with Crippen molar-refractivity contribution in [3.05, 3.63) is 114 Å². The van der Waals surface area contributed by atoms with Crippen LogP contribution in [-0.4, -0.2) is 35.7 Å². The maximum atomic E-state index is 9.10. The van der Waals surface area contributed by atoms with Crippen LogP contribution in [0.15, 0.2) is 97.2 Å². The third-order valence-corrected chi connectivity index (χ3v) is 6.42. The van der Waals surface area contributed by atoms with Gasteiger partial charge in [-0.15, -0.1) is 0 Å². The number of rotatable bonds is 6. The Morgan fingerprint density at radius 3 is 2.33 bits per heavy atom. The van der Waals surface area contributed by atoms with Crippen LogP contribution in [0.5, 0.6) is 5.88 Å². The number of hydrogen-bond acceptors (Lipinski definition) is 6. The smallest absolute Gasteiger partial charge is 0.237 e. The lowest BCUT2D eigenvalue weighted by atomic mass is 10.1. The molecular weight excluding hydrogens is 484 g/mol. The molecular formula is C32H28N6O. The van der Waals surface area contributed by atoms with Gasteiger partial charge in [-0.2, -0.15) is 10.5 Å². The van der Waals surface area contributed by atoms with Crippen molar-refractivity contribution in [2.75, 3.05) is 25.0 Å². The first-order chi connectivity index (χ1) is 19.2. The number of fused-ring (bicyclic) bond motifs is 2. The number of aromatic amines is 1. The van der Waals surface area contributed by atoms with Crippen LogP contribution in [0.1, 0.15) is 16.7 Å². The predicted octanol–water partition coefficient (Wildman–Crippen LogP) is 5.67. The van der Waals surface area contributed by atoms with Crippen molar-refractivity contribution in [2.24, 2.45) is 0 Å². The fourth-order valence-electron chi connectivity index (χ4n) is 4.34. The van der Waals surface area contributed by atoms with Crippen LogP contribution >= 0.6 is 0 Å². The fourth-order valence-corrected chi connectivity index (χ4v) is 4.34. The standard InChI is InChI=1S/C26H22N6O.C6H6/c27-12-18-3-1-17(2-4-18)7-8-29-15-22-16-30-25-11-21(14-31-26(25)33-22)24-10-20-6-5-19(13-28)9-23(20)32-24;1-2-4-6-5-3-1/h1-6,9-11,14,22,29-30,32H,7-8,15-16H2;1-6H/t22-;/m1./s1. The molecule has 0 fully saturated rings. The number of nitrogens with one attached hydrogen (secondary N) is 3. The van der Waals surface area contributed by atoms with Gasteiger partial charge in [0.25, 0.3) is 0 Å². The lowest BCUT2D eigenvalue weighted by Crippen LogP contribution is -2.40. The van der Waals surface area contributed by atoms with Gasteiger partial charge in [-0.25, -0.2) is 4.98 Å². The van der Waals surface area contributed by atoms with Gasteiger partial charge in [0.2, 0.25) is 5.88 Å². The molecule has 0 spiro atoms. The lowest BCUT2D eigenvalue weighted by Gasteiger charge is -2.27. The molecule has 3 aromatic carbocycles. The molecule has 7 heteroatoms. The van der Waals surface area contributed by atoms with Crippen LogP contribution in [0.25, 0.3) is 22.2 Å². The Morgan fingerprint density at radius 1 is 0.897 bits per heavy atom. The summed E-state index contributed by atoms with van der Waals surface area (Å²) in [5.74, 6) is 0.603. The van der Waals surface area contributed by atoms with Crippen LogP contribution in [0.3, 0.4) is 0 Å². The van der Waals surface area contributed by atoms with Crippen molar-refractivity contribution < 1.29 is 4.74 Å². The first-order valence-corrected chi connectivity index (χ1v) is 12.9. The highest BCUT2D eigenvalue weighted by atomic mass is 16.5. The Hall–Kier alpha value is -5.11. The summed E-state index contributed by atoms with van der Waals surface area (Å²) < 4.78 is 6.08. The number of benzene rings is 3. The normalized spacial score (nSPS) is 13.5. The van der Waals surface area contributed by atoms with E-state index in [1.165, 1.54) is 5.56 Å². The Kier molecular flexibility index (Phi) is 8.13. The van der Waals surface area contributed by atoms with Crippen molar-refractivity contribution in [3.8, 4) is 29.3 Å². The Labute approximate surface area is 227 Å². The number of nitrogens with zero attached hydrogens (tertiary/aromatic N) is 3. The number of anilines is 1. The summed E-state index contributed by atoms with van der Waals surface area (Å²) in [7, 11) is 0. The molecule has 1 aliphatic heterocycles. The quantitative estimate of drug-likeness (QED) is 0.253. The summed E-state index contributed by atoms with van der Waals surface area (Å²) in [5.41, 5.74) is 6.22. The van der Waals surface area contributed by atoms with E-state index in [9.17, 15) is 0 Å². The molecule has 1 atom stereocenters. The Bertz CT molecular complexity index is 1590. The van der Waals surface area contributed by atoms with Gasteiger partial charge in [0.1, 0.15) is 6.10 Å². The number of H-pyrrole nitrogens is 1. The summed E-state index contributed by atoms with van der Waals surface area (Å²) in [5, 5.41) is 25.9. The average molecular weight is 513 g/mol. The molecule has 3 heterocycles. The SMILES string of the molecule is N#Cc1ccc(CCNC[C@@H]2CNc3cc(-c4cc5ccc(C#N)cc5[nH]4)cnc3O2)cc1.c1ccccc1. The second-order valence-electron chi connectivity index (χ2n) is 9.21. The molecule has 0 amide bonds. The van der Waals surface area contributed by atoms with E-state index < -0.39 is 0 Å². The molecule has 6 rings (SSSR count). The van der Waals surface area contributed by atoms with Gasteiger partial charge in [0.05, 0.1) is 35.5 Å². The minimum Gasteiger partial charge on any atom is -0.470 e. The minimum absolute atomic E-state index is 0.00528. The van der Waals surface area contributed by atoms with Gasteiger partial charge in [0.15, 0.2) is 0 Å². The van der Waals surface area contributed by atoms with Gasteiger partial charge in [-0.1, -0.05) is 54.6 Å².